The molecule has 1 unspecified atom stereocenters. The lowest BCUT2D eigenvalue weighted by Gasteiger charge is -2.19. The molecule has 3 rings (SSSR count). The molecule has 1 saturated carbocycles. The van der Waals surface area contributed by atoms with Crippen molar-refractivity contribution in [3.63, 3.8) is 0 Å². The molecule has 3 aliphatic rings. The first-order valence-corrected chi connectivity index (χ1v) is 11.6. The van der Waals surface area contributed by atoms with Crippen molar-refractivity contribution in [2.75, 3.05) is 32.5 Å². The van der Waals surface area contributed by atoms with E-state index < -0.39 is 15.9 Å². The Bertz CT molecular complexity index is 856. The zero-order chi connectivity index (χ0) is 20.9. The quantitative estimate of drug-likeness (QED) is 0.568. The summed E-state index contributed by atoms with van der Waals surface area (Å²) in [4.78, 5) is 20.6. The van der Waals surface area contributed by atoms with E-state index in [1.54, 1.807) is 12.3 Å². The Morgan fingerprint density at radius 2 is 2.07 bits per heavy atom. The molecule has 2 N–H and O–H groups in total. The number of guanidine groups is 1. The Kier molecular flexibility index (Phi) is 6.74. The third kappa shape index (κ3) is 6.97. The lowest BCUT2D eigenvalue weighted by molar-refractivity contribution is 0.0936. The van der Waals surface area contributed by atoms with Crippen molar-refractivity contribution in [3.05, 3.63) is 22.6 Å². The topological polar surface area (TPSA) is 118 Å². The summed E-state index contributed by atoms with van der Waals surface area (Å²) >= 11 is 0. The van der Waals surface area contributed by atoms with E-state index >= 15 is 0 Å². The van der Waals surface area contributed by atoms with Crippen LogP contribution in [0.4, 0.5) is 4.79 Å². The van der Waals surface area contributed by atoms with Crippen molar-refractivity contribution in [1.29, 1.82) is 0 Å². The van der Waals surface area contributed by atoms with E-state index in [1.807, 2.05) is 13.0 Å². The van der Waals surface area contributed by atoms with Crippen LogP contribution in [0.2, 0.25) is 0 Å². The van der Waals surface area contributed by atoms with Crippen molar-refractivity contribution in [2.24, 2.45) is 9.98 Å². The minimum Gasteiger partial charge on any atom is -0.443 e. The van der Waals surface area contributed by atoms with Gasteiger partial charge in [-0.1, -0.05) is 6.08 Å². The molecule has 1 aliphatic heterocycles. The first-order valence-electron chi connectivity index (χ1n) is 9.73. The summed E-state index contributed by atoms with van der Waals surface area (Å²) in [6.07, 6.45) is 8.82. The average molecular weight is 425 g/mol. The van der Waals surface area contributed by atoms with Crippen LogP contribution in [0.3, 0.4) is 0 Å². The lowest BCUT2D eigenvalue weighted by atomic mass is 10.1. The number of sulfone groups is 1. The predicted molar refractivity (Wildman–Crippen MR) is 111 cm³/mol. The van der Waals surface area contributed by atoms with Gasteiger partial charge < -0.3 is 20.1 Å². The fraction of sp³-hybridized carbons (Fsp3) is 0.632. The highest BCUT2D eigenvalue weighted by Crippen LogP contribution is 2.38. The van der Waals surface area contributed by atoms with Gasteiger partial charge >= 0.3 is 6.09 Å². The van der Waals surface area contributed by atoms with Crippen molar-refractivity contribution in [3.8, 4) is 0 Å². The number of carbonyl (C=O) groups is 1. The van der Waals surface area contributed by atoms with Crippen LogP contribution in [0.5, 0.6) is 0 Å². The predicted octanol–water partition coefficient (Wildman–Crippen LogP) is 1.33. The standard InChI is InChI=1S/C19H28N4O5S/c1-19(7-8-19)28-18(24)21-10-9-20-17-22-11-15(12-23-17)27-13-14-3-5-16(6-4-14)29(2,25)26/h3,5,11,15H,4,6-10,12-13H2,1-2H3,(H,20,23)(H,21,24). The number of hydrogen-bond acceptors (Lipinski definition) is 8. The number of aliphatic imine (C=N–C) groups is 2. The molecule has 160 valence electrons. The van der Waals surface area contributed by atoms with Gasteiger partial charge in [0.05, 0.1) is 13.2 Å². The van der Waals surface area contributed by atoms with Gasteiger partial charge in [0, 0.05) is 30.5 Å². The molecule has 0 spiro atoms. The number of rotatable bonds is 8. The number of nitrogens with one attached hydrogen (secondary N) is 2. The molecular formula is C19H28N4O5S. The third-order valence-corrected chi connectivity index (χ3v) is 6.20. The molecule has 1 heterocycles. The number of nitrogens with zero attached hydrogens (tertiary/aromatic N) is 2. The zero-order valence-corrected chi connectivity index (χ0v) is 17.6. The van der Waals surface area contributed by atoms with Gasteiger partial charge in [-0.2, -0.15) is 0 Å². The first kappa shape index (κ1) is 21.5. The molecule has 0 radical (unpaired) electrons. The number of amides is 1. The summed E-state index contributed by atoms with van der Waals surface area (Å²) in [5, 5.41) is 5.74. The molecule has 0 aromatic carbocycles. The molecule has 0 saturated heterocycles. The summed E-state index contributed by atoms with van der Waals surface area (Å²) < 4.78 is 34.1. The van der Waals surface area contributed by atoms with Crippen molar-refractivity contribution in [2.45, 2.75) is 44.3 Å². The van der Waals surface area contributed by atoms with Crippen molar-refractivity contribution >= 4 is 28.1 Å². The van der Waals surface area contributed by atoms with Gasteiger partial charge in [-0.15, -0.1) is 0 Å². The molecule has 10 heteroatoms. The van der Waals surface area contributed by atoms with Gasteiger partial charge in [0.2, 0.25) is 5.96 Å². The van der Waals surface area contributed by atoms with Crippen LogP contribution < -0.4 is 10.6 Å². The lowest BCUT2D eigenvalue weighted by Crippen LogP contribution is -2.37. The maximum Gasteiger partial charge on any atom is 0.407 e. The van der Waals surface area contributed by atoms with Crippen LogP contribution in [0, 0.1) is 0 Å². The molecule has 9 nitrogen and oxygen atoms in total. The molecule has 0 aromatic heterocycles. The van der Waals surface area contributed by atoms with Crippen LogP contribution in [0.15, 0.2) is 32.6 Å². The number of allylic oxidation sites excluding steroid dienone is 3. The highest BCUT2D eigenvalue weighted by molar-refractivity contribution is 7.94. The van der Waals surface area contributed by atoms with Gasteiger partial charge in [0.25, 0.3) is 0 Å². The fourth-order valence-corrected chi connectivity index (χ4v) is 3.58. The van der Waals surface area contributed by atoms with Crippen LogP contribution in [0.1, 0.15) is 32.6 Å². The van der Waals surface area contributed by atoms with Gasteiger partial charge in [-0.25, -0.2) is 23.2 Å². The van der Waals surface area contributed by atoms with Crippen molar-refractivity contribution < 1.29 is 22.7 Å². The van der Waals surface area contributed by atoms with E-state index in [2.05, 4.69) is 20.6 Å². The van der Waals surface area contributed by atoms with E-state index in [-0.39, 0.29) is 11.7 Å². The Morgan fingerprint density at radius 3 is 2.66 bits per heavy atom. The fourth-order valence-electron chi connectivity index (χ4n) is 2.80. The first-order chi connectivity index (χ1) is 13.7. The van der Waals surface area contributed by atoms with Gasteiger partial charge in [0.15, 0.2) is 9.84 Å². The highest BCUT2D eigenvalue weighted by atomic mass is 32.2. The smallest absolute Gasteiger partial charge is 0.407 e. The molecule has 1 amide bonds. The Balaban J connectivity index is 1.31. The molecule has 0 aromatic rings. The minimum atomic E-state index is -3.11. The maximum atomic E-state index is 11.6. The van der Waals surface area contributed by atoms with E-state index in [0.717, 1.165) is 18.4 Å². The molecule has 29 heavy (non-hydrogen) atoms. The monoisotopic (exact) mass is 424 g/mol. The summed E-state index contributed by atoms with van der Waals surface area (Å²) in [6, 6.07) is 0. The number of ether oxygens (including phenoxy) is 2. The Labute approximate surface area is 171 Å². The summed E-state index contributed by atoms with van der Waals surface area (Å²) in [7, 11) is -3.11. The molecule has 1 atom stereocenters. The average Bonchev–Trinajstić information content (AvgIpc) is 3.40. The van der Waals surface area contributed by atoms with E-state index in [1.165, 1.54) is 6.26 Å². The summed E-state index contributed by atoms with van der Waals surface area (Å²) in [5.41, 5.74) is 0.779. The molecule has 1 fully saturated rings. The zero-order valence-electron chi connectivity index (χ0n) is 16.8. The highest BCUT2D eigenvalue weighted by Gasteiger charge is 2.41. The minimum absolute atomic E-state index is 0.214. The van der Waals surface area contributed by atoms with Crippen LogP contribution >= 0.6 is 0 Å². The maximum absolute atomic E-state index is 11.6. The second kappa shape index (κ2) is 9.08. The third-order valence-electron chi connectivity index (χ3n) is 4.91. The van der Waals surface area contributed by atoms with Crippen LogP contribution in [-0.2, 0) is 19.3 Å². The van der Waals surface area contributed by atoms with Crippen LogP contribution in [0.25, 0.3) is 0 Å². The van der Waals surface area contributed by atoms with Gasteiger partial charge in [-0.05, 0) is 44.3 Å². The molecule has 2 aliphatic carbocycles. The summed E-state index contributed by atoms with van der Waals surface area (Å²) in [5.74, 6) is 0.506. The van der Waals surface area contributed by atoms with Crippen molar-refractivity contribution in [1.82, 2.24) is 10.6 Å². The number of hydrogen-bond donors (Lipinski definition) is 2. The SMILES string of the molecule is CC1(OC(=O)NCCNC2=NCC(OCC3=CC=C(S(C)(=O)=O)CC3)C=N2)CC1. The van der Waals surface area contributed by atoms with Gasteiger partial charge in [-0.3, -0.25) is 0 Å². The summed E-state index contributed by atoms with van der Waals surface area (Å²) in [6.45, 7) is 3.71. The molecule has 0 bridgehead atoms. The number of alkyl carbamates (subject to hydrolysis) is 1. The largest absolute Gasteiger partial charge is 0.443 e. The normalized spacial score (nSPS) is 22.8. The van der Waals surface area contributed by atoms with E-state index in [9.17, 15) is 13.2 Å². The van der Waals surface area contributed by atoms with Gasteiger partial charge in [0.1, 0.15) is 11.7 Å². The molecular weight excluding hydrogens is 396 g/mol. The second-order valence-corrected chi connectivity index (χ2v) is 9.78. The second-order valence-electron chi connectivity index (χ2n) is 7.71. The van der Waals surface area contributed by atoms with E-state index in [4.69, 9.17) is 9.47 Å². The Hall–Kier alpha value is -2.20. The Morgan fingerprint density at radius 1 is 1.28 bits per heavy atom. The van der Waals surface area contributed by atoms with E-state index in [0.29, 0.717) is 49.9 Å². The number of carbonyl (C=O) groups excluding carboxylic acids is 1. The van der Waals surface area contributed by atoms with Crippen LogP contribution in [-0.4, -0.2) is 70.9 Å².